The van der Waals surface area contributed by atoms with Crippen molar-refractivity contribution in [3.63, 3.8) is 0 Å². The molecule has 4 heteroatoms. The minimum Gasteiger partial charge on any atom is -0.368 e. The zero-order chi connectivity index (χ0) is 15.8. The predicted molar refractivity (Wildman–Crippen MR) is 90.6 cm³/mol. The van der Waals surface area contributed by atoms with Crippen LogP contribution < -0.4 is 0 Å². The molecule has 3 heterocycles. The number of carbonyl (C=O) groups excluding carboxylic acids is 1. The van der Waals surface area contributed by atoms with Crippen molar-refractivity contribution in [2.75, 3.05) is 19.7 Å². The van der Waals surface area contributed by atoms with Crippen molar-refractivity contribution in [1.82, 2.24) is 9.88 Å². The van der Waals surface area contributed by atoms with Crippen LogP contribution in [0.2, 0.25) is 0 Å². The van der Waals surface area contributed by atoms with Crippen LogP contribution in [0.3, 0.4) is 0 Å². The highest BCUT2D eigenvalue weighted by atomic mass is 16.5. The van der Waals surface area contributed by atoms with Crippen molar-refractivity contribution >= 4 is 16.8 Å². The van der Waals surface area contributed by atoms with Crippen molar-refractivity contribution in [1.29, 1.82) is 0 Å². The number of hydrogen-bond donors (Lipinski definition) is 1. The number of aromatic amines is 1. The summed E-state index contributed by atoms with van der Waals surface area (Å²) in [5.74, 6) is 0.747. The number of nitrogens with zero attached hydrogens (tertiary/aromatic N) is 1. The number of fused-ring (bicyclic) bond motifs is 1. The highest BCUT2D eigenvalue weighted by Gasteiger charge is 2.32. The quantitative estimate of drug-likeness (QED) is 0.924. The van der Waals surface area contributed by atoms with Crippen LogP contribution in [-0.4, -0.2) is 41.6 Å². The fourth-order valence-corrected chi connectivity index (χ4v) is 4.19. The standard InChI is InChI=1S/C19H24N2O2/c1-13-18(15-5-2-3-6-16(15)20-13)14-8-10-21(11-9-14)19(22)17-7-4-12-23-17/h2-3,5-6,14,17,20H,4,7-12H2,1H3. The summed E-state index contributed by atoms with van der Waals surface area (Å²) in [7, 11) is 0. The van der Waals surface area contributed by atoms with E-state index >= 15 is 0 Å². The minimum absolute atomic E-state index is 0.179. The Morgan fingerprint density at radius 1 is 1.22 bits per heavy atom. The number of H-pyrrole nitrogens is 1. The molecule has 2 saturated heterocycles. The van der Waals surface area contributed by atoms with Gasteiger partial charge in [-0.05, 0) is 50.2 Å². The van der Waals surface area contributed by atoms with E-state index in [1.54, 1.807) is 0 Å². The Hall–Kier alpha value is -1.81. The van der Waals surface area contributed by atoms with E-state index in [9.17, 15) is 4.79 Å². The lowest BCUT2D eigenvalue weighted by molar-refractivity contribution is -0.142. The third-order valence-corrected chi connectivity index (χ3v) is 5.36. The molecular formula is C19H24N2O2. The summed E-state index contributed by atoms with van der Waals surface area (Å²) in [6.07, 6.45) is 3.81. The maximum Gasteiger partial charge on any atom is 0.251 e. The average Bonchev–Trinajstić information content (AvgIpc) is 3.21. The van der Waals surface area contributed by atoms with Crippen LogP contribution >= 0.6 is 0 Å². The Balaban J connectivity index is 1.48. The molecule has 1 aromatic heterocycles. The smallest absolute Gasteiger partial charge is 0.251 e. The Kier molecular flexibility index (Phi) is 3.85. The van der Waals surface area contributed by atoms with E-state index in [4.69, 9.17) is 4.74 Å². The van der Waals surface area contributed by atoms with Crippen LogP contribution in [0.15, 0.2) is 24.3 Å². The molecule has 0 radical (unpaired) electrons. The topological polar surface area (TPSA) is 45.3 Å². The van der Waals surface area contributed by atoms with Crippen molar-refractivity contribution in [3.8, 4) is 0 Å². The lowest BCUT2D eigenvalue weighted by Gasteiger charge is -2.33. The maximum absolute atomic E-state index is 12.5. The molecule has 2 aromatic rings. The second-order valence-electron chi connectivity index (χ2n) is 6.81. The van der Waals surface area contributed by atoms with E-state index in [-0.39, 0.29) is 12.0 Å². The summed E-state index contributed by atoms with van der Waals surface area (Å²) >= 11 is 0. The first-order valence-corrected chi connectivity index (χ1v) is 8.71. The van der Waals surface area contributed by atoms with Crippen molar-refractivity contribution in [3.05, 3.63) is 35.5 Å². The Labute approximate surface area is 136 Å². The van der Waals surface area contributed by atoms with Crippen molar-refractivity contribution in [2.45, 2.75) is 44.6 Å². The average molecular weight is 312 g/mol. The molecule has 4 nitrogen and oxygen atoms in total. The van der Waals surface area contributed by atoms with Gasteiger partial charge in [0.05, 0.1) is 0 Å². The fourth-order valence-electron chi connectivity index (χ4n) is 4.19. The molecule has 1 N–H and O–H groups in total. The van der Waals surface area contributed by atoms with E-state index in [1.165, 1.54) is 22.2 Å². The number of aromatic nitrogens is 1. The number of rotatable bonds is 2. The van der Waals surface area contributed by atoms with Gasteiger partial charge < -0.3 is 14.6 Å². The summed E-state index contributed by atoms with van der Waals surface area (Å²) in [6.45, 7) is 4.60. The monoisotopic (exact) mass is 312 g/mol. The third-order valence-electron chi connectivity index (χ3n) is 5.36. The minimum atomic E-state index is -0.179. The summed E-state index contributed by atoms with van der Waals surface area (Å²) in [5, 5.41) is 1.34. The van der Waals surface area contributed by atoms with Gasteiger partial charge in [0.25, 0.3) is 5.91 Å². The van der Waals surface area contributed by atoms with E-state index in [2.05, 4.69) is 36.2 Å². The van der Waals surface area contributed by atoms with E-state index in [1.807, 2.05) is 4.90 Å². The first-order chi connectivity index (χ1) is 11.2. The molecule has 1 aromatic carbocycles. The van der Waals surface area contributed by atoms with E-state index < -0.39 is 0 Å². The first-order valence-electron chi connectivity index (χ1n) is 8.71. The highest BCUT2D eigenvalue weighted by molar-refractivity contribution is 5.85. The number of para-hydroxylation sites is 1. The number of piperidine rings is 1. The molecular weight excluding hydrogens is 288 g/mol. The molecule has 1 unspecified atom stereocenters. The third kappa shape index (κ3) is 2.65. The molecule has 2 aliphatic heterocycles. The van der Waals surface area contributed by atoms with Gasteiger partial charge in [0, 0.05) is 36.3 Å². The number of amides is 1. The SMILES string of the molecule is Cc1[nH]c2ccccc2c1C1CCN(C(=O)C2CCCO2)CC1. The normalized spacial score (nSPS) is 22.8. The summed E-state index contributed by atoms with van der Waals surface area (Å²) in [4.78, 5) is 18.0. The molecule has 23 heavy (non-hydrogen) atoms. The Morgan fingerprint density at radius 3 is 2.74 bits per heavy atom. The number of benzene rings is 1. The Bertz CT molecular complexity index is 707. The van der Waals surface area contributed by atoms with Gasteiger partial charge in [-0.2, -0.15) is 0 Å². The van der Waals surface area contributed by atoms with Gasteiger partial charge >= 0.3 is 0 Å². The van der Waals surface area contributed by atoms with Gasteiger partial charge in [0.2, 0.25) is 0 Å². The molecule has 4 rings (SSSR count). The van der Waals surface area contributed by atoms with Crippen LogP contribution in [0.25, 0.3) is 10.9 Å². The van der Waals surface area contributed by atoms with Gasteiger partial charge in [0.1, 0.15) is 6.10 Å². The number of likely N-dealkylation sites (tertiary alicyclic amines) is 1. The number of hydrogen-bond acceptors (Lipinski definition) is 2. The lowest BCUT2D eigenvalue weighted by Crippen LogP contribution is -2.43. The molecule has 0 saturated carbocycles. The van der Waals surface area contributed by atoms with Gasteiger partial charge in [-0.1, -0.05) is 18.2 Å². The molecule has 0 aliphatic carbocycles. The molecule has 2 fully saturated rings. The predicted octanol–water partition coefficient (Wildman–Crippen LogP) is 3.36. The Morgan fingerprint density at radius 2 is 2.00 bits per heavy atom. The number of nitrogens with one attached hydrogen (secondary N) is 1. The molecule has 0 spiro atoms. The van der Waals surface area contributed by atoms with Crippen molar-refractivity contribution < 1.29 is 9.53 Å². The fraction of sp³-hybridized carbons (Fsp3) is 0.526. The van der Waals surface area contributed by atoms with E-state index in [0.717, 1.165) is 45.4 Å². The number of carbonyl (C=O) groups is 1. The van der Waals surface area contributed by atoms with Gasteiger partial charge in [-0.25, -0.2) is 0 Å². The highest BCUT2D eigenvalue weighted by Crippen LogP contribution is 2.35. The zero-order valence-corrected chi connectivity index (χ0v) is 13.7. The van der Waals surface area contributed by atoms with Gasteiger partial charge in [-0.3, -0.25) is 4.79 Å². The maximum atomic E-state index is 12.5. The van der Waals surface area contributed by atoms with Crippen molar-refractivity contribution in [2.24, 2.45) is 0 Å². The molecule has 1 atom stereocenters. The summed E-state index contributed by atoms with van der Waals surface area (Å²) < 4.78 is 5.55. The van der Waals surface area contributed by atoms with E-state index in [0.29, 0.717) is 5.92 Å². The van der Waals surface area contributed by atoms with Crippen LogP contribution in [0.5, 0.6) is 0 Å². The zero-order valence-electron chi connectivity index (χ0n) is 13.7. The number of ether oxygens (including phenoxy) is 1. The lowest BCUT2D eigenvalue weighted by atomic mass is 9.87. The molecule has 1 amide bonds. The molecule has 2 aliphatic rings. The van der Waals surface area contributed by atoms with Crippen LogP contribution in [0.4, 0.5) is 0 Å². The second kappa shape index (κ2) is 6.00. The van der Waals surface area contributed by atoms with Crippen LogP contribution in [-0.2, 0) is 9.53 Å². The molecule has 122 valence electrons. The number of aryl methyl sites for hydroxylation is 1. The molecule has 0 bridgehead atoms. The van der Waals surface area contributed by atoms with Crippen LogP contribution in [0, 0.1) is 6.92 Å². The van der Waals surface area contributed by atoms with Gasteiger partial charge in [0.15, 0.2) is 0 Å². The second-order valence-corrected chi connectivity index (χ2v) is 6.81. The van der Waals surface area contributed by atoms with Crippen LogP contribution in [0.1, 0.15) is 42.9 Å². The van der Waals surface area contributed by atoms with Gasteiger partial charge in [-0.15, -0.1) is 0 Å². The largest absolute Gasteiger partial charge is 0.368 e. The summed E-state index contributed by atoms with van der Waals surface area (Å²) in [6, 6.07) is 8.53. The first kappa shape index (κ1) is 14.8. The summed E-state index contributed by atoms with van der Waals surface area (Å²) in [5.41, 5.74) is 3.94.